The highest BCUT2D eigenvalue weighted by molar-refractivity contribution is 6.03. The van der Waals surface area contributed by atoms with Gasteiger partial charge >= 0.3 is 0 Å². The van der Waals surface area contributed by atoms with Gasteiger partial charge in [-0.1, -0.05) is 149 Å². The molecule has 0 radical (unpaired) electrons. The second-order valence-corrected chi connectivity index (χ2v) is 18.6. The monoisotopic (exact) mass is 1050 g/mol. The first-order valence-corrected chi connectivity index (χ1v) is 21.4. The standard InChI is InChI=1S/C29H33N2.C27H31N2.2HI/c1-28(2)22-16-12-14-18-24(22)30(5)26(28)20-10-8-7-9-11-21-27-29(3,4)23-17-13-15-19-25(23)31(27)6;1-26(2)20-14-10-12-16-22(20)28(5)24(26)18-8-7-9-19-25-27(3,4)21-15-11-13-17-23(21)29(25)6;;/h7-21H,1-6H3;7-19H,1-6H3;2*1H/q2*+1;;/p-2. The minimum Gasteiger partial charge on any atom is -1.00 e. The molecule has 4 aliphatic rings. The van der Waals surface area contributed by atoms with Gasteiger partial charge in [-0.3, -0.25) is 0 Å². The molecule has 8 rings (SSSR count). The Morgan fingerprint density at radius 3 is 1.06 bits per heavy atom. The zero-order valence-electron chi connectivity index (χ0n) is 38.7. The zero-order chi connectivity index (χ0) is 43.0. The summed E-state index contributed by atoms with van der Waals surface area (Å²) in [6.07, 6.45) is 26.0. The van der Waals surface area contributed by atoms with Crippen molar-refractivity contribution in [2.45, 2.75) is 77.0 Å². The third-order valence-corrected chi connectivity index (χ3v) is 13.4. The Labute approximate surface area is 406 Å². The van der Waals surface area contributed by atoms with Crippen molar-refractivity contribution in [2.24, 2.45) is 0 Å². The molecule has 62 heavy (non-hydrogen) atoms. The van der Waals surface area contributed by atoms with Crippen molar-refractivity contribution in [3.05, 3.63) is 204 Å². The van der Waals surface area contributed by atoms with Crippen LogP contribution in [0.4, 0.5) is 22.7 Å². The smallest absolute Gasteiger partial charge is 0.209 e. The van der Waals surface area contributed by atoms with Crippen LogP contribution in [0.3, 0.4) is 0 Å². The predicted molar refractivity (Wildman–Crippen MR) is 258 cm³/mol. The van der Waals surface area contributed by atoms with Crippen molar-refractivity contribution < 1.29 is 57.1 Å². The molecule has 4 aliphatic heterocycles. The normalized spacial score (nSPS) is 20.1. The molecule has 6 heteroatoms. The van der Waals surface area contributed by atoms with Crippen LogP contribution in [-0.2, 0) is 21.7 Å². The molecule has 0 aliphatic carbocycles. The second-order valence-electron chi connectivity index (χ2n) is 18.6. The molecule has 0 unspecified atom stereocenters. The van der Waals surface area contributed by atoms with Crippen molar-refractivity contribution >= 4 is 34.2 Å². The van der Waals surface area contributed by atoms with Gasteiger partial charge in [0, 0.05) is 83.1 Å². The maximum absolute atomic E-state index is 2.31. The summed E-state index contributed by atoms with van der Waals surface area (Å²) in [5, 5.41) is 0. The molecule has 0 N–H and O–H groups in total. The Bertz CT molecular complexity index is 2600. The van der Waals surface area contributed by atoms with E-state index >= 15 is 0 Å². The number of likely N-dealkylation sites (N-methyl/N-ethyl adjacent to an activating group) is 2. The molecule has 0 saturated carbocycles. The van der Waals surface area contributed by atoms with Crippen LogP contribution in [0, 0.1) is 0 Å². The number of benzene rings is 4. The van der Waals surface area contributed by atoms with Crippen LogP contribution < -0.4 is 57.8 Å². The van der Waals surface area contributed by atoms with E-state index < -0.39 is 0 Å². The van der Waals surface area contributed by atoms with E-state index in [4.69, 9.17) is 0 Å². The molecular formula is C56H64I2N4. The summed E-state index contributed by atoms with van der Waals surface area (Å²) in [5.74, 6) is 0. The first-order chi connectivity index (χ1) is 28.5. The number of hydrogen-bond acceptors (Lipinski definition) is 2. The third-order valence-electron chi connectivity index (χ3n) is 13.4. The Kier molecular flexibility index (Phi) is 14.9. The molecule has 4 aromatic carbocycles. The number of nitrogens with zero attached hydrogens (tertiary/aromatic N) is 4. The van der Waals surface area contributed by atoms with Gasteiger partial charge < -0.3 is 57.8 Å². The topological polar surface area (TPSA) is 12.5 Å². The molecule has 4 heterocycles. The Morgan fingerprint density at radius 2 is 0.694 bits per heavy atom. The summed E-state index contributed by atoms with van der Waals surface area (Å²) in [4.78, 5) is 4.61. The van der Waals surface area contributed by atoms with E-state index in [9.17, 15) is 0 Å². The van der Waals surface area contributed by atoms with Crippen molar-refractivity contribution in [1.82, 2.24) is 0 Å². The van der Waals surface area contributed by atoms with Crippen molar-refractivity contribution in [3.63, 3.8) is 0 Å². The van der Waals surface area contributed by atoms with E-state index in [-0.39, 0.29) is 69.6 Å². The lowest BCUT2D eigenvalue weighted by atomic mass is 9.81. The lowest BCUT2D eigenvalue weighted by molar-refractivity contribution is -0.401. The zero-order valence-corrected chi connectivity index (χ0v) is 43.0. The summed E-state index contributed by atoms with van der Waals surface area (Å²) >= 11 is 0. The van der Waals surface area contributed by atoms with E-state index in [1.165, 1.54) is 67.8 Å². The molecular weight excluding hydrogens is 982 g/mol. The molecule has 0 aromatic heterocycles. The van der Waals surface area contributed by atoms with Gasteiger partial charge in [0.25, 0.3) is 0 Å². The minimum atomic E-state index is 0. The van der Waals surface area contributed by atoms with Gasteiger partial charge in [-0.25, -0.2) is 0 Å². The van der Waals surface area contributed by atoms with Crippen LogP contribution in [0.1, 0.15) is 77.6 Å². The van der Waals surface area contributed by atoms with E-state index in [1.807, 2.05) is 0 Å². The van der Waals surface area contributed by atoms with Crippen LogP contribution in [0.25, 0.3) is 0 Å². The van der Waals surface area contributed by atoms with E-state index in [1.54, 1.807) is 0 Å². The molecule has 0 fully saturated rings. The molecule has 4 nitrogen and oxygen atoms in total. The molecule has 322 valence electrons. The van der Waals surface area contributed by atoms with Crippen LogP contribution in [0.2, 0.25) is 0 Å². The molecule has 4 aromatic rings. The highest BCUT2D eigenvalue weighted by atomic mass is 127. The van der Waals surface area contributed by atoms with Gasteiger partial charge in [0.05, 0.1) is 10.8 Å². The van der Waals surface area contributed by atoms with Gasteiger partial charge in [0.1, 0.15) is 14.1 Å². The SMILES string of the molecule is CN1/C(=C/C=C/C=C/C=C/C2=[N+](C)c3ccccc3C2(C)C)C(C)(C)c2ccccc21.CN1\C(=C/C=C/C=C/C2=[N+](C)c3ccccc3C2(C)C)C(C)(C)c2ccccc21.[I-].[I-]. The van der Waals surface area contributed by atoms with Gasteiger partial charge in [-0.2, -0.15) is 9.15 Å². The van der Waals surface area contributed by atoms with Gasteiger partial charge in [-0.05, 0) is 63.1 Å². The lowest BCUT2D eigenvalue weighted by Gasteiger charge is -2.23. The van der Waals surface area contributed by atoms with Crippen LogP contribution in [0.15, 0.2) is 181 Å². The second kappa shape index (κ2) is 19.1. The lowest BCUT2D eigenvalue weighted by Crippen LogP contribution is -3.00. The van der Waals surface area contributed by atoms with Gasteiger partial charge in [0.15, 0.2) is 11.4 Å². The first-order valence-electron chi connectivity index (χ1n) is 21.4. The maximum atomic E-state index is 2.31. The number of allylic oxidation sites excluding steroid dienone is 14. The molecule has 0 spiro atoms. The van der Waals surface area contributed by atoms with Crippen LogP contribution in [0.5, 0.6) is 0 Å². The molecule has 0 bridgehead atoms. The number of fused-ring (bicyclic) bond motifs is 4. The highest BCUT2D eigenvalue weighted by Crippen LogP contribution is 2.48. The number of halogens is 2. The number of anilines is 2. The first kappa shape index (κ1) is 48.5. The van der Waals surface area contributed by atoms with E-state index in [2.05, 4.69) is 273 Å². The Morgan fingerprint density at radius 1 is 0.387 bits per heavy atom. The highest BCUT2D eigenvalue weighted by Gasteiger charge is 2.44. The fourth-order valence-electron chi connectivity index (χ4n) is 10.1. The fraction of sp³-hybridized carbons (Fsp3) is 0.286. The average molecular weight is 1050 g/mol. The Balaban J connectivity index is 0.000000227. The van der Waals surface area contributed by atoms with Crippen LogP contribution >= 0.6 is 0 Å². The summed E-state index contributed by atoms with van der Waals surface area (Å²) < 4.78 is 4.61. The number of rotatable bonds is 7. The summed E-state index contributed by atoms with van der Waals surface area (Å²) in [6, 6.07) is 34.7. The van der Waals surface area contributed by atoms with E-state index in [0.717, 1.165) is 0 Å². The molecule has 0 atom stereocenters. The van der Waals surface area contributed by atoms with Crippen molar-refractivity contribution in [1.29, 1.82) is 0 Å². The Hall–Kier alpha value is -4.54. The van der Waals surface area contributed by atoms with Gasteiger partial charge in [0.2, 0.25) is 11.4 Å². The molecule has 0 amide bonds. The van der Waals surface area contributed by atoms with Gasteiger partial charge in [-0.15, -0.1) is 0 Å². The van der Waals surface area contributed by atoms with Crippen molar-refractivity contribution in [3.8, 4) is 0 Å². The average Bonchev–Trinajstić information content (AvgIpc) is 3.73. The number of para-hydroxylation sites is 4. The summed E-state index contributed by atoms with van der Waals surface area (Å²) in [6.45, 7) is 18.4. The molecule has 0 saturated heterocycles. The van der Waals surface area contributed by atoms with Crippen LogP contribution in [-0.4, -0.2) is 48.8 Å². The third kappa shape index (κ3) is 8.71. The summed E-state index contributed by atoms with van der Waals surface area (Å²) in [5.41, 5.74) is 16.1. The maximum Gasteiger partial charge on any atom is 0.209 e. The fourth-order valence-corrected chi connectivity index (χ4v) is 10.1. The largest absolute Gasteiger partial charge is 1.00 e. The number of hydrogen-bond donors (Lipinski definition) is 0. The predicted octanol–water partition coefficient (Wildman–Crippen LogP) is 6.80. The van der Waals surface area contributed by atoms with E-state index in [0.29, 0.717) is 0 Å². The van der Waals surface area contributed by atoms with Crippen molar-refractivity contribution in [2.75, 3.05) is 38.0 Å². The quantitative estimate of drug-likeness (QED) is 0.115. The minimum absolute atomic E-state index is 0. The summed E-state index contributed by atoms with van der Waals surface area (Å²) in [7, 11) is 8.63.